The molecule has 0 fully saturated rings. The summed E-state index contributed by atoms with van der Waals surface area (Å²) >= 11 is 0. The minimum absolute atomic E-state index is 0.0892. The summed E-state index contributed by atoms with van der Waals surface area (Å²) in [4.78, 5) is 11.6. The molecule has 1 amide bonds. The molecule has 0 saturated heterocycles. The van der Waals surface area contributed by atoms with E-state index in [2.05, 4.69) is 36.6 Å². The van der Waals surface area contributed by atoms with Crippen LogP contribution in [0.4, 0.5) is 0 Å². The highest BCUT2D eigenvalue weighted by atomic mass is 16.2. The summed E-state index contributed by atoms with van der Waals surface area (Å²) in [7, 11) is 0. The monoisotopic (exact) mass is 210 g/mol. The molecule has 3 heteroatoms. The first-order valence-electron chi connectivity index (χ1n) is 5.78. The van der Waals surface area contributed by atoms with Crippen LogP contribution >= 0.6 is 0 Å². The number of rotatable bonds is 5. The molecule has 0 aromatic carbocycles. The second-order valence-electron chi connectivity index (χ2n) is 4.67. The minimum Gasteiger partial charge on any atom is -0.354 e. The van der Waals surface area contributed by atoms with Crippen molar-refractivity contribution in [2.75, 3.05) is 6.54 Å². The Balaban J connectivity index is 2.20. The van der Waals surface area contributed by atoms with Crippen LogP contribution in [0.3, 0.4) is 0 Å². The van der Waals surface area contributed by atoms with Crippen LogP contribution in [0.15, 0.2) is 12.2 Å². The molecule has 1 rings (SSSR count). The molecule has 0 aromatic heterocycles. The van der Waals surface area contributed by atoms with E-state index < -0.39 is 0 Å². The van der Waals surface area contributed by atoms with Crippen LogP contribution in [0.25, 0.3) is 0 Å². The number of carbonyl (C=O) groups is 1. The maximum Gasteiger partial charge on any atom is 0.236 e. The Kier molecular flexibility index (Phi) is 4.82. The topological polar surface area (TPSA) is 41.1 Å². The van der Waals surface area contributed by atoms with Gasteiger partial charge in [-0.05, 0) is 25.7 Å². The first-order chi connectivity index (χ1) is 7.09. The number of amides is 1. The molecule has 2 N–H and O–H groups in total. The fourth-order valence-corrected chi connectivity index (χ4v) is 1.64. The van der Waals surface area contributed by atoms with Crippen molar-refractivity contribution < 1.29 is 4.79 Å². The average molecular weight is 210 g/mol. The molecule has 0 heterocycles. The van der Waals surface area contributed by atoms with Gasteiger partial charge < -0.3 is 10.6 Å². The van der Waals surface area contributed by atoms with E-state index in [1.165, 1.54) is 0 Å². The Morgan fingerprint density at radius 3 is 2.47 bits per heavy atom. The van der Waals surface area contributed by atoms with Crippen LogP contribution in [0.5, 0.6) is 0 Å². The minimum atomic E-state index is -0.0892. The molecular weight excluding hydrogens is 188 g/mol. The summed E-state index contributed by atoms with van der Waals surface area (Å²) in [6.07, 6.45) is 6.41. The molecule has 1 aliphatic carbocycles. The van der Waals surface area contributed by atoms with E-state index in [-0.39, 0.29) is 11.9 Å². The van der Waals surface area contributed by atoms with Crippen LogP contribution in [0.1, 0.15) is 33.6 Å². The van der Waals surface area contributed by atoms with Crippen LogP contribution in [0, 0.1) is 5.92 Å². The van der Waals surface area contributed by atoms with Crippen molar-refractivity contribution in [1.29, 1.82) is 0 Å². The van der Waals surface area contributed by atoms with Crippen LogP contribution in [-0.2, 0) is 4.79 Å². The Labute approximate surface area is 92.3 Å². The summed E-state index contributed by atoms with van der Waals surface area (Å²) in [5.74, 6) is 0.616. The summed E-state index contributed by atoms with van der Waals surface area (Å²) < 4.78 is 0. The molecule has 0 saturated carbocycles. The van der Waals surface area contributed by atoms with E-state index in [1.54, 1.807) is 0 Å². The molecule has 0 spiro atoms. The predicted molar refractivity (Wildman–Crippen MR) is 62.6 cm³/mol. The van der Waals surface area contributed by atoms with Crippen molar-refractivity contribution in [3.8, 4) is 0 Å². The highest BCUT2D eigenvalue weighted by Gasteiger charge is 2.17. The van der Waals surface area contributed by atoms with Crippen molar-refractivity contribution in [2.45, 2.75) is 45.7 Å². The van der Waals surface area contributed by atoms with E-state index in [9.17, 15) is 4.79 Å². The summed E-state index contributed by atoms with van der Waals surface area (Å²) in [6.45, 7) is 6.88. The third-order valence-corrected chi connectivity index (χ3v) is 2.57. The van der Waals surface area contributed by atoms with Crippen LogP contribution < -0.4 is 10.6 Å². The van der Waals surface area contributed by atoms with Gasteiger partial charge in [0.15, 0.2) is 0 Å². The Bertz CT molecular complexity index is 228. The van der Waals surface area contributed by atoms with Crippen LogP contribution in [0.2, 0.25) is 0 Å². The average Bonchev–Trinajstić information content (AvgIpc) is 2.66. The second kappa shape index (κ2) is 5.91. The predicted octanol–water partition coefficient (Wildman–Crippen LogP) is 1.46. The van der Waals surface area contributed by atoms with Crippen molar-refractivity contribution in [1.82, 2.24) is 10.6 Å². The quantitative estimate of drug-likeness (QED) is 0.674. The SMILES string of the molecule is CC(C)CNC(=O)C(C)NC1CC=CC1. The van der Waals surface area contributed by atoms with Crippen molar-refractivity contribution in [3.05, 3.63) is 12.2 Å². The van der Waals surface area contributed by atoms with E-state index in [1.807, 2.05) is 6.92 Å². The number of nitrogens with one attached hydrogen (secondary N) is 2. The van der Waals surface area contributed by atoms with Crippen LogP contribution in [-0.4, -0.2) is 24.5 Å². The molecule has 3 nitrogen and oxygen atoms in total. The lowest BCUT2D eigenvalue weighted by atomic mass is 10.2. The standard InChI is InChI=1S/C12H22N2O/c1-9(2)8-13-12(15)10(3)14-11-6-4-5-7-11/h4-5,9-11,14H,6-8H2,1-3H3,(H,13,15). The van der Waals surface area contributed by atoms with E-state index in [0.29, 0.717) is 12.0 Å². The van der Waals surface area contributed by atoms with Crippen molar-refractivity contribution in [3.63, 3.8) is 0 Å². The molecule has 0 radical (unpaired) electrons. The first-order valence-corrected chi connectivity index (χ1v) is 5.78. The van der Waals surface area contributed by atoms with Gasteiger partial charge in [0, 0.05) is 12.6 Å². The maximum absolute atomic E-state index is 11.6. The van der Waals surface area contributed by atoms with E-state index in [4.69, 9.17) is 0 Å². The van der Waals surface area contributed by atoms with Gasteiger partial charge in [-0.25, -0.2) is 0 Å². The zero-order valence-electron chi connectivity index (χ0n) is 9.92. The smallest absolute Gasteiger partial charge is 0.236 e. The third kappa shape index (κ3) is 4.47. The molecule has 1 aliphatic rings. The number of carbonyl (C=O) groups excluding carboxylic acids is 1. The molecule has 15 heavy (non-hydrogen) atoms. The highest BCUT2D eigenvalue weighted by Crippen LogP contribution is 2.09. The van der Waals surface area contributed by atoms with Gasteiger partial charge in [-0.15, -0.1) is 0 Å². The van der Waals surface area contributed by atoms with Gasteiger partial charge in [-0.3, -0.25) is 4.79 Å². The van der Waals surface area contributed by atoms with Crippen molar-refractivity contribution >= 4 is 5.91 Å². The van der Waals surface area contributed by atoms with E-state index >= 15 is 0 Å². The summed E-state index contributed by atoms with van der Waals surface area (Å²) in [6, 6.07) is 0.360. The molecular formula is C12H22N2O. The molecule has 0 aromatic rings. The van der Waals surface area contributed by atoms with Gasteiger partial charge in [-0.1, -0.05) is 26.0 Å². The third-order valence-electron chi connectivity index (χ3n) is 2.57. The molecule has 0 bridgehead atoms. The normalized spacial score (nSPS) is 18.4. The van der Waals surface area contributed by atoms with Gasteiger partial charge in [0.25, 0.3) is 0 Å². The van der Waals surface area contributed by atoms with Gasteiger partial charge in [0.05, 0.1) is 6.04 Å². The number of hydrogen-bond acceptors (Lipinski definition) is 2. The highest BCUT2D eigenvalue weighted by molar-refractivity contribution is 5.81. The van der Waals surface area contributed by atoms with Crippen molar-refractivity contribution in [2.24, 2.45) is 5.92 Å². The zero-order valence-corrected chi connectivity index (χ0v) is 9.92. The summed E-state index contributed by atoms with van der Waals surface area (Å²) in [5, 5.41) is 6.26. The molecule has 86 valence electrons. The fourth-order valence-electron chi connectivity index (χ4n) is 1.64. The largest absolute Gasteiger partial charge is 0.354 e. The molecule has 1 unspecified atom stereocenters. The molecule has 1 atom stereocenters. The summed E-state index contributed by atoms with van der Waals surface area (Å²) in [5.41, 5.74) is 0. The zero-order chi connectivity index (χ0) is 11.3. The van der Waals surface area contributed by atoms with Gasteiger partial charge in [0.2, 0.25) is 5.91 Å². The number of hydrogen-bond donors (Lipinski definition) is 2. The van der Waals surface area contributed by atoms with Gasteiger partial charge >= 0.3 is 0 Å². The Morgan fingerprint density at radius 1 is 1.33 bits per heavy atom. The lowest BCUT2D eigenvalue weighted by Crippen LogP contribution is -2.46. The van der Waals surface area contributed by atoms with E-state index in [0.717, 1.165) is 19.4 Å². The molecule has 0 aliphatic heterocycles. The lowest BCUT2D eigenvalue weighted by Gasteiger charge is -2.19. The Hall–Kier alpha value is -0.830. The Morgan fingerprint density at radius 2 is 1.93 bits per heavy atom. The first kappa shape index (κ1) is 12.2. The second-order valence-corrected chi connectivity index (χ2v) is 4.67. The van der Waals surface area contributed by atoms with Gasteiger partial charge in [-0.2, -0.15) is 0 Å². The lowest BCUT2D eigenvalue weighted by molar-refractivity contribution is -0.123. The fraction of sp³-hybridized carbons (Fsp3) is 0.750. The van der Waals surface area contributed by atoms with Gasteiger partial charge in [0.1, 0.15) is 0 Å². The maximum atomic E-state index is 11.6.